The summed E-state index contributed by atoms with van der Waals surface area (Å²) in [5.74, 6) is 0.649. The van der Waals surface area contributed by atoms with Crippen LogP contribution in [0.5, 0.6) is 0 Å². The van der Waals surface area contributed by atoms with E-state index in [4.69, 9.17) is 15.2 Å². The third-order valence-corrected chi connectivity index (χ3v) is 9.40. The van der Waals surface area contributed by atoms with Crippen LogP contribution in [0.1, 0.15) is 30.0 Å². The maximum Gasteiger partial charge on any atom is 0.409 e. The van der Waals surface area contributed by atoms with Gasteiger partial charge in [0, 0.05) is 79.7 Å². The average Bonchev–Trinajstić information content (AvgIpc) is 3.22. The number of amides is 2. The van der Waals surface area contributed by atoms with E-state index in [-0.39, 0.29) is 44.9 Å². The van der Waals surface area contributed by atoms with Crippen molar-refractivity contribution in [3.63, 3.8) is 0 Å². The van der Waals surface area contributed by atoms with E-state index in [2.05, 4.69) is 11.4 Å². The van der Waals surface area contributed by atoms with Gasteiger partial charge in [0.2, 0.25) is 0 Å². The number of methoxy groups -OCH3 is 1. The zero-order valence-electron chi connectivity index (χ0n) is 24.7. The molecule has 2 amide bonds. The van der Waals surface area contributed by atoms with Crippen molar-refractivity contribution >= 4 is 67.3 Å². The van der Waals surface area contributed by atoms with Crippen molar-refractivity contribution in [3.05, 3.63) is 107 Å². The normalized spacial score (nSPS) is 13.3. The van der Waals surface area contributed by atoms with Crippen LogP contribution in [0.25, 0.3) is 23.0 Å². The number of anilines is 1. The van der Waals surface area contributed by atoms with Crippen LogP contribution in [-0.4, -0.2) is 54.3 Å². The number of carbonyl (C=O) groups is 2. The Hall–Kier alpha value is -2.28. The SMILES string of the molecule is CC1=C(CC([NH-])=O)c2cc(F)ccc2/C1=C\c1ccc(S(C)=O)cc1.COCCSSCCOC(=O)Nc1cc[c-]cc1.[Y]. The summed E-state index contributed by atoms with van der Waals surface area (Å²) in [4.78, 5) is 23.4. The van der Waals surface area contributed by atoms with Crippen molar-refractivity contribution in [1.29, 1.82) is 0 Å². The Morgan fingerprint density at radius 1 is 1.02 bits per heavy atom. The van der Waals surface area contributed by atoms with E-state index in [1.165, 1.54) is 12.1 Å². The zero-order valence-corrected chi connectivity index (χ0v) is 30.0. The van der Waals surface area contributed by atoms with Gasteiger partial charge in [-0.25, -0.2) is 9.18 Å². The van der Waals surface area contributed by atoms with Crippen molar-refractivity contribution in [3.8, 4) is 0 Å². The first-order chi connectivity index (χ1) is 20.7. The minimum absolute atomic E-state index is 0. The van der Waals surface area contributed by atoms with Crippen molar-refractivity contribution in [1.82, 2.24) is 0 Å². The molecule has 7 nitrogen and oxygen atoms in total. The summed E-state index contributed by atoms with van der Waals surface area (Å²) < 4.78 is 35.1. The predicted octanol–water partition coefficient (Wildman–Crippen LogP) is 7.92. The summed E-state index contributed by atoms with van der Waals surface area (Å²) in [7, 11) is 4.03. The monoisotopic (exact) mass is 729 g/mol. The second kappa shape index (κ2) is 20.0. The van der Waals surface area contributed by atoms with Crippen LogP contribution >= 0.6 is 21.6 Å². The topological polar surface area (TPSA) is 106 Å². The van der Waals surface area contributed by atoms with E-state index in [1.54, 1.807) is 65.3 Å². The van der Waals surface area contributed by atoms with Gasteiger partial charge in [-0.1, -0.05) is 45.5 Å². The second-order valence-electron chi connectivity index (χ2n) is 9.16. The molecule has 0 bridgehead atoms. The first kappa shape index (κ1) is 37.9. The average molecular weight is 730 g/mol. The van der Waals surface area contributed by atoms with Crippen molar-refractivity contribution in [2.24, 2.45) is 0 Å². The first-order valence-corrected chi connectivity index (χ1v) is 17.3. The van der Waals surface area contributed by atoms with Gasteiger partial charge in [-0.05, 0) is 70.7 Å². The van der Waals surface area contributed by atoms with Crippen LogP contribution in [0, 0.1) is 11.9 Å². The van der Waals surface area contributed by atoms with E-state index >= 15 is 0 Å². The number of nitrogens with one attached hydrogen (secondary N) is 2. The molecule has 0 saturated carbocycles. The maximum atomic E-state index is 13.7. The number of carbonyl (C=O) groups excluding carboxylic acids is 2. The number of benzene rings is 3. The van der Waals surface area contributed by atoms with Gasteiger partial charge in [-0.3, -0.25) is 4.21 Å². The molecule has 0 saturated heterocycles. The molecular weight excluding hydrogens is 696 g/mol. The second-order valence-corrected chi connectivity index (χ2v) is 13.2. The van der Waals surface area contributed by atoms with Crippen LogP contribution in [0.2, 0.25) is 0 Å². The van der Waals surface area contributed by atoms with Gasteiger partial charge in [-0.15, -0.1) is 12.1 Å². The van der Waals surface area contributed by atoms with E-state index in [0.29, 0.717) is 23.4 Å². The Morgan fingerprint density at radius 2 is 1.68 bits per heavy atom. The van der Waals surface area contributed by atoms with Gasteiger partial charge in [0.05, 0.1) is 12.5 Å². The molecule has 3 aromatic carbocycles. The van der Waals surface area contributed by atoms with Gasteiger partial charge >= 0.3 is 6.09 Å². The Labute approximate surface area is 293 Å². The fourth-order valence-electron chi connectivity index (χ4n) is 4.09. The molecule has 0 aliphatic heterocycles. The van der Waals surface area contributed by atoms with Crippen molar-refractivity contribution in [2.75, 3.05) is 43.4 Å². The molecule has 1 aliphatic carbocycles. The van der Waals surface area contributed by atoms with E-state index in [9.17, 15) is 18.2 Å². The number of rotatable bonds is 12. The van der Waals surface area contributed by atoms with E-state index in [0.717, 1.165) is 45.3 Å². The molecular formula is C32H33FN2O5S3Y-2. The fraction of sp³-hybridized carbons (Fsp3) is 0.250. The Kier molecular flexibility index (Phi) is 17.2. The molecule has 2 N–H and O–H groups in total. The molecule has 3 aromatic rings. The molecule has 0 aromatic heterocycles. The summed E-state index contributed by atoms with van der Waals surface area (Å²) in [6.07, 6.45) is 3.14. The smallest absolute Gasteiger partial charge is 0.409 e. The summed E-state index contributed by atoms with van der Waals surface area (Å²) in [6.45, 7) is 3.02. The van der Waals surface area contributed by atoms with Crippen molar-refractivity contribution < 1.29 is 60.4 Å². The summed E-state index contributed by atoms with van der Waals surface area (Å²) >= 11 is 0. The third-order valence-electron chi connectivity index (χ3n) is 6.13. The molecule has 1 aliphatic rings. The van der Waals surface area contributed by atoms with Gasteiger partial charge in [0.15, 0.2) is 0 Å². The number of allylic oxidation sites excluding steroid dienone is 2. The molecule has 1 atom stereocenters. The molecule has 44 heavy (non-hydrogen) atoms. The van der Waals surface area contributed by atoms with E-state index in [1.807, 2.05) is 37.3 Å². The van der Waals surface area contributed by atoms with Gasteiger partial charge in [0.1, 0.15) is 12.4 Å². The van der Waals surface area contributed by atoms with Gasteiger partial charge < -0.3 is 25.3 Å². The number of hydrogen-bond acceptors (Lipinski definition) is 7. The molecule has 4 rings (SSSR count). The quantitative estimate of drug-likeness (QED) is 0.115. The first-order valence-electron chi connectivity index (χ1n) is 13.2. The molecule has 0 fully saturated rings. The molecule has 1 unspecified atom stereocenters. The van der Waals surface area contributed by atoms with Crippen molar-refractivity contribution in [2.45, 2.75) is 18.2 Å². The number of ether oxygens (including phenoxy) is 2. The molecule has 1 radical (unpaired) electrons. The third kappa shape index (κ3) is 12.3. The maximum absolute atomic E-state index is 13.7. The van der Waals surface area contributed by atoms with Crippen LogP contribution in [0.15, 0.2) is 77.2 Å². The molecule has 12 heteroatoms. The number of fused-ring (bicyclic) bond motifs is 1. The number of hydrogen-bond donors (Lipinski definition) is 1. The molecule has 231 valence electrons. The molecule has 0 spiro atoms. The number of halogens is 1. The Balaban J connectivity index is 0.000000317. The standard InChI is InChI=1S/C20H18FNO2S.C12H16NO3S2.Y/c1-12-17(9-13-3-6-15(7-4-13)25(2)24)16-8-5-14(21)10-19(16)18(12)11-20(22)23;1-15-7-9-17-18-10-8-16-12(14)13-11-5-3-2-4-6-11;/h3-10H,11H2,1-2H3,(H2,22,23);3-6H,7-10H2,1H3,(H,13,14);/q;-1;/p-1/b17-9-;;. The van der Waals surface area contributed by atoms with Crippen LogP contribution in [0.4, 0.5) is 14.9 Å². The van der Waals surface area contributed by atoms with Crippen LogP contribution in [-0.2, 0) is 57.8 Å². The van der Waals surface area contributed by atoms with Gasteiger partial charge in [0.25, 0.3) is 0 Å². The van der Waals surface area contributed by atoms with Gasteiger partial charge in [-0.2, -0.15) is 18.2 Å². The largest absolute Gasteiger partial charge is 0.667 e. The van der Waals surface area contributed by atoms with Crippen LogP contribution < -0.4 is 5.32 Å². The minimum Gasteiger partial charge on any atom is -0.667 e. The Bertz CT molecular complexity index is 1480. The Morgan fingerprint density at radius 3 is 2.30 bits per heavy atom. The molecule has 0 heterocycles. The van der Waals surface area contributed by atoms with E-state index < -0.39 is 22.8 Å². The summed E-state index contributed by atoms with van der Waals surface area (Å²) in [5, 5.41) is 2.64. The zero-order chi connectivity index (χ0) is 31.2. The van der Waals surface area contributed by atoms with Crippen LogP contribution in [0.3, 0.4) is 0 Å². The predicted molar refractivity (Wildman–Crippen MR) is 177 cm³/mol. The summed E-state index contributed by atoms with van der Waals surface area (Å²) in [5.41, 5.74) is 12.9. The summed E-state index contributed by atoms with van der Waals surface area (Å²) in [6, 6.07) is 21.8. The minimum atomic E-state index is -1.03. The fourth-order valence-corrected chi connectivity index (χ4v) is 6.35.